The monoisotopic (exact) mass is 344 g/mol. The van der Waals surface area contributed by atoms with Gasteiger partial charge in [-0.15, -0.1) is 11.3 Å². The van der Waals surface area contributed by atoms with Crippen LogP contribution in [0.4, 0.5) is 0 Å². The number of hydrogen-bond acceptors (Lipinski definition) is 3. The van der Waals surface area contributed by atoms with Crippen LogP contribution in [0, 0.1) is 12.3 Å². The Morgan fingerprint density at radius 1 is 1.53 bits per heavy atom. The third kappa shape index (κ3) is 3.58. The van der Waals surface area contributed by atoms with Gasteiger partial charge in [0.25, 0.3) is 0 Å². The number of halogens is 1. The van der Waals surface area contributed by atoms with Gasteiger partial charge in [-0.3, -0.25) is 4.79 Å². The molecule has 1 aromatic heterocycles. The third-order valence-electron chi connectivity index (χ3n) is 4.04. The maximum absolute atomic E-state index is 11.3. The van der Waals surface area contributed by atoms with Crippen molar-refractivity contribution in [2.24, 2.45) is 16.9 Å². The molecular weight excluding hydrogens is 324 g/mol. The Balaban J connectivity index is 2.13. The number of hydrogen-bond donors (Lipinski definition) is 2. The largest absolute Gasteiger partial charge is 0.370 e. The molecule has 1 fully saturated rings. The summed E-state index contributed by atoms with van der Waals surface area (Å²) in [6.45, 7) is 2.08. The summed E-state index contributed by atoms with van der Waals surface area (Å²) in [5.74, 6) is -0.199. The molecule has 106 valence electrons. The van der Waals surface area contributed by atoms with Gasteiger partial charge < -0.3 is 11.5 Å². The Morgan fingerprint density at radius 3 is 2.63 bits per heavy atom. The number of aryl methyl sites for hydroxylation is 1. The van der Waals surface area contributed by atoms with Crippen LogP contribution in [0.5, 0.6) is 0 Å². The molecule has 1 aliphatic carbocycles. The fourth-order valence-corrected chi connectivity index (χ4v) is 5.21. The average molecular weight is 345 g/mol. The van der Waals surface area contributed by atoms with Crippen LogP contribution < -0.4 is 11.5 Å². The minimum Gasteiger partial charge on any atom is -0.370 e. The molecule has 0 spiro atoms. The summed E-state index contributed by atoms with van der Waals surface area (Å²) in [6.07, 6.45) is 5.85. The summed E-state index contributed by atoms with van der Waals surface area (Å²) in [5.41, 5.74) is 11.8. The van der Waals surface area contributed by atoms with Crippen LogP contribution in [0.25, 0.3) is 0 Å². The standard InChI is InChI=1S/C14H21BrN2OS/c1-9-6-10(15)13(19-9)11(16)7-14(8-12(17)18)4-2-3-5-14/h6,11H,2-5,7-8,16H2,1H3,(H2,17,18). The van der Waals surface area contributed by atoms with Crippen molar-refractivity contribution in [2.75, 3.05) is 0 Å². The van der Waals surface area contributed by atoms with Gasteiger partial charge in [0, 0.05) is 26.7 Å². The molecule has 19 heavy (non-hydrogen) atoms. The molecule has 2 rings (SSSR count). The summed E-state index contributed by atoms with van der Waals surface area (Å²) in [6, 6.07) is 2.10. The average Bonchev–Trinajstić information content (AvgIpc) is 2.85. The summed E-state index contributed by atoms with van der Waals surface area (Å²) >= 11 is 5.31. The molecule has 1 unspecified atom stereocenters. The van der Waals surface area contributed by atoms with Crippen LogP contribution in [0.3, 0.4) is 0 Å². The first-order valence-electron chi connectivity index (χ1n) is 6.72. The van der Waals surface area contributed by atoms with Gasteiger partial charge in [-0.1, -0.05) is 12.8 Å². The highest BCUT2D eigenvalue weighted by Gasteiger charge is 2.37. The Hall–Kier alpha value is -0.390. The lowest BCUT2D eigenvalue weighted by Gasteiger charge is -2.30. The van der Waals surface area contributed by atoms with E-state index < -0.39 is 0 Å². The van der Waals surface area contributed by atoms with E-state index in [9.17, 15) is 4.79 Å². The topological polar surface area (TPSA) is 69.1 Å². The maximum atomic E-state index is 11.3. The Morgan fingerprint density at radius 2 is 2.16 bits per heavy atom. The fraction of sp³-hybridized carbons (Fsp3) is 0.643. The van der Waals surface area contributed by atoms with E-state index in [1.165, 1.54) is 22.6 Å². The maximum Gasteiger partial charge on any atom is 0.217 e. The number of nitrogens with two attached hydrogens (primary N) is 2. The number of rotatable bonds is 5. The van der Waals surface area contributed by atoms with Gasteiger partial charge >= 0.3 is 0 Å². The Bertz CT molecular complexity index is 466. The molecule has 0 radical (unpaired) electrons. The highest BCUT2D eigenvalue weighted by molar-refractivity contribution is 9.10. The second kappa shape index (κ2) is 5.94. The quantitative estimate of drug-likeness (QED) is 0.855. The van der Waals surface area contributed by atoms with E-state index in [0.717, 1.165) is 23.7 Å². The van der Waals surface area contributed by atoms with Crippen LogP contribution in [-0.2, 0) is 4.79 Å². The minimum absolute atomic E-state index is 0.00877. The highest BCUT2D eigenvalue weighted by atomic mass is 79.9. The highest BCUT2D eigenvalue weighted by Crippen LogP contribution is 2.48. The number of primary amides is 1. The van der Waals surface area contributed by atoms with Crippen LogP contribution in [-0.4, -0.2) is 5.91 Å². The van der Waals surface area contributed by atoms with E-state index in [1.54, 1.807) is 11.3 Å². The predicted molar refractivity (Wildman–Crippen MR) is 83.0 cm³/mol. The Kier molecular flexibility index (Phi) is 4.69. The van der Waals surface area contributed by atoms with Crippen molar-refractivity contribution in [1.82, 2.24) is 0 Å². The third-order valence-corrected chi connectivity index (χ3v) is 6.14. The van der Waals surface area contributed by atoms with Gasteiger partial charge in [-0.2, -0.15) is 0 Å². The second-order valence-corrected chi connectivity index (χ2v) is 7.87. The SMILES string of the molecule is Cc1cc(Br)c(C(N)CC2(CC(N)=O)CCCC2)s1. The van der Waals surface area contributed by atoms with Crippen molar-refractivity contribution in [3.05, 3.63) is 20.3 Å². The summed E-state index contributed by atoms with van der Waals surface area (Å²) in [4.78, 5) is 13.8. The zero-order chi connectivity index (χ0) is 14.0. The molecule has 4 N–H and O–H groups in total. The van der Waals surface area contributed by atoms with Gasteiger partial charge in [0.1, 0.15) is 0 Å². The van der Waals surface area contributed by atoms with E-state index in [1.807, 2.05) is 0 Å². The second-order valence-electron chi connectivity index (χ2n) is 5.73. The van der Waals surface area contributed by atoms with Crippen molar-refractivity contribution in [2.45, 2.75) is 51.5 Å². The number of carbonyl (C=O) groups excluding carboxylic acids is 1. The van der Waals surface area contributed by atoms with Crippen LogP contribution in [0.2, 0.25) is 0 Å². The number of amides is 1. The zero-order valence-electron chi connectivity index (χ0n) is 11.2. The number of thiophene rings is 1. The van der Waals surface area contributed by atoms with Crippen molar-refractivity contribution >= 4 is 33.2 Å². The summed E-state index contributed by atoms with van der Waals surface area (Å²) in [7, 11) is 0. The molecular formula is C14H21BrN2OS. The molecule has 1 atom stereocenters. The molecule has 1 aliphatic rings. The van der Waals surface area contributed by atoms with E-state index in [-0.39, 0.29) is 17.4 Å². The van der Waals surface area contributed by atoms with Gasteiger partial charge in [0.15, 0.2) is 0 Å². The van der Waals surface area contributed by atoms with Crippen molar-refractivity contribution in [3.8, 4) is 0 Å². The molecule has 5 heteroatoms. The van der Waals surface area contributed by atoms with Crippen LogP contribution in [0.15, 0.2) is 10.5 Å². The van der Waals surface area contributed by atoms with Crippen molar-refractivity contribution < 1.29 is 4.79 Å². The number of carbonyl (C=O) groups is 1. The first kappa shape index (κ1) is 15.0. The summed E-state index contributed by atoms with van der Waals surface area (Å²) in [5, 5.41) is 0. The first-order chi connectivity index (χ1) is 8.92. The molecule has 0 aliphatic heterocycles. The van der Waals surface area contributed by atoms with Gasteiger partial charge in [-0.05, 0) is 53.6 Å². The molecule has 1 heterocycles. The molecule has 0 aromatic carbocycles. The van der Waals surface area contributed by atoms with E-state index in [4.69, 9.17) is 11.5 Å². The summed E-state index contributed by atoms with van der Waals surface area (Å²) < 4.78 is 1.09. The van der Waals surface area contributed by atoms with E-state index in [0.29, 0.717) is 6.42 Å². The molecule has 1 amide bonds. The van der Waals surface area contributed by atoms with Gasteiger partial charge in [0.2, 0.25) is 5.91 Å². The normalized spacial score (nSPS) is 19.5. The molecule has 0 bridgehead atoms. The van der Waals surface area contributed by atoms with E-state index in [2.05, 4.69) is 28.9 Å². The van der Waals surface area contributed by atoms with Gasteiger partial charge in [-0.25, -0.2) is 0 Å². The smallest absolute Gasteiger partial charge is 0.217 e. The Labute approximate surface area is 126 Å². The fourth-order valence-electron chi connectivity index (χ4n) is 3.26. The lowest BCUT2D eigenvalue weighted by atomic mass is 9.77. The lowest BCUT2D eigenvalue weighted by Crippen LogP contribution is -2.29. The molecule has 3 nitrogen and oxygen atoms in total. The minimum atomic E-state index is -0.199. The van der Waals surface area contributed by atoms with Crippen molar-refractivity contribution in [1.29, 1.82) is 0 Å². The van der Waals surface area contributed by atoms with Crippen molar-refractivity contribution in [3.63, 3.8) is 0 Å². The van der Waals surface area contributed by atoms with Gasteiger partial charge in [0.05, 0.1) is 0 Å². The lowest BCUT2D eigenvalue weighted by molar-refractivity contribution is -0.120. The first-order valence-corrected chi connectivity index (χ1v) is 8.32. The predicted octanol–water partition coefficient (Wildman–Crippen LogP) is 3.64. The molecule has 0 saturated heterocycles. The van der Waals surface area contributed by atoms with Crippen LogP contribution >= 0.6 is 27.3 Å². The molecule has 1 aromatic rings. The van der Waals surface area contributed by atoms with E-state index >= 15 is 0 Å². The zero-order valence-corrected chi connectivity index (χ0v) is 13.6. The molecule has 1 saturated carbocycles. The van der Waals surface area contributed by atoms with Crippen LogP contribution in [0.1, 0.15) is 54.3 Å².